The largest absolute Gasteiger partial charge is 0.496 e. The molecule has 2 rings (SSSR count). The molecule has 5 nitrogen and oxygen atoms in total. The summed E-state index contributed by atoms with van der Waals surface area (Å²) in [6.45, 7) is 2.71. The van der Waals surface area contributed by atoms with Crippen LogP contribution in [0, 0.1) is 6.42 Å². The van der Waals surface area contributed by atoms with E-state index >= 15 is 0 Å². The molecule has 0 aliphatic carbocycles. The van der Waals surface area contributed by atoms with Gasteiger partial charge < -0.3 is 20.1 Å². The molecule has 1 saturated heterocycles. The fourth-order valence-electron chi connectivity index (χ4n) is 2.34. The smallest absolute Gasteiger partial charge is 0.257 e. The number of hydrogen-bond donors (Lipinski definition) is 1. The van der Waals surface area contributed by atoms with Gasteiger partial charge in [0.05, 0.1) is 19.3 Å². The molecule has 1 aromatic rings. The number of nitrogens with zero attached hydrogens (tertiary/aromatic N) is 1. The Morgan fingerprint density at radius 2 is 2.10 bits per heavy atom. The van der Waals surface area contributed by atoms with Crippen LogP contribution in [0.2, 0.25) is 0 Å². The summed E-state index contributed by atoms with van der Waals surface area (Å²) in [6.07, 6.45) is 4.92. The highest BCUT2D eigenvalue weighted by Gasteiger charge is 2.21. The van der Waals surface area contributed by atoms with Gasteiger partial charge in [-0.1, -0.05) is 0 Å². The van der Waals surface area contributed by atoms with E-state index in [1.807, 2.05) is 11.0 Å². The molecule has 0 bridgehead atoms. The lowest BCUT2D eigenvalue weighted by atomic mass is 10.1. The van der Waals surface area contributed by atoms with Crippen LogP contribution in [0.4, 0.5) is 0 Å². The van der Waals surface area contributed by atoms with Gasteiger partial charge in [-0.15, -0.1) is 0 Å². The molecule has 1 aliphatic rings. The molecule has 1 radical (unpaired) electrons. The van der Waals surface area contributed by atoms with E-state index in [-0.39, 0.29) is 5.91 Å². The van der Waals surface area contributed by atoms with Crippen LogP contribution in [0.3, 0.4) is 0 Å². The Kier molecular flexibility index (Phi) is 5.87. The van der Waals surface area contributed by atoms with Crippen molar-refractivity contribution in [3.8, 4) is 11.5 Å². The van der Waals surface area contributed by atoms with Crippen LogP contribution in [0.15, 0.2) is 18.2 Å². The van der Waals surface area contributed by atoms with Gasteiger partial charge in [-0.2, -0.15) is 0 Å². The number of rotatable bonds is 6. The highest BCUT2D eigenvalue weighted by Crippen LogP contribution is 2.27. The van der Waals surface area contributed by atoms with Gasteiger partial charge in [-0.3, -0.25) is 4.79 Å². The second kappa shape index (κ2) is 7.88. The molecule has 0 saturated carbocycles. The molecule has 1 amide bonds. The highest BCUT2D eigenvalue weighted by molar-refractivity contribution is 5.97. The van der Waals surface area contributed by atoms with E-state index in [0.717, 1.165) is 32.4 Å². The number of likely N-dealkylation sites (tertiary alicyclic amines) is 1. The predicted molar refractivity (Wildman–Crippen MR) is 81.6 cm³/mol. The maximum Gasteiger partial charge on any atom is 0.257 e. The molecule has 21 heavy (non-hydrogen) atoms. The van der Waals surface area contributed by atoms with Crippen molar-refractivity contribution in [2.24, 2.45) is 5.73 Å². The third kappa shape index (κ3) is 4.11. The summed E-state index contributed by atoms with van der Waals surface area (Å²) in [6, 6.07) is 5.35. The summed E-state index contributed by atoms with van der Waals surface area (Å²) in [4.78, 5) is 14.4. The van der Waals surface area contributed by atoms with E-state index in [0.29, 0.717) is 30.2 Å². The van der Waals surface area contributed by atoms with Crippen molar-refractivity contribution in [1.82, 2.24) is 4.90 Å². The first-order valence-electron chi connectivity index (χ1n) is 7.38. The predicted octanol–water partition coefficient (Wildman–Crippen LogP) is 1.86. The zero-order chi connectivity index (χ0) is 15.1. The average molecular weight is 291 g/mol. The minimum absolute atomic E-state index is 0.0217. The molecular formula is C16H23N2O3. The molecule has 115 valence electrons. The van der Waals surface area contributed by atoms with Gasteiger partial charge in [0.2, 0.25) is 0 Å². The third-order valence-corrected chi connectivity index (χ3v) is 3.51. The van der Waals surface area contributed by atoms with E-state index in [4.69, 9.17) is 15.2 Å². The van der Waals surface area contributed by atoms with Gasteiger partial charge in [0.1, 0.15) is 11.5 Å². The van der Waals surface area contributed by atoms with E-state index in [1.54, 1.807) is 19.2 Å². The van der Waals surface area contributed by atoms with Crippen molar-refractivity contribution in [2.45, 2.75) is 19.3 Å². The second-order valence-corrected chi connectivity index (χ2v) is 5.01. The highest BCUT2D eigenvalue weighted by atomic mass is 16.5. The van der Waals surface area contributed by atoms with E-state index < -0.39 is 0 Å². The first kappa shape index (κ1) is 15.6. The van der Waals surface area contributed by atoms with Crippen molar-refractivity contribution >= 4 is 5.91 Å². The number of ether oxygens (including phenoxy) is 2. The standard InChI is InChI=1S/C16H23N2O3/c1-20-15-12-13(21-11-5-8-17)6-7-14(15)16(19)18-9-3-2-4-10-18/h2,6-7,12H,3-5,8-11,17H2,1H3. The van der Waals surface area contributed by atoms with E-state index in [9.17, 15) is 4.79 Å². The van der Waals surface area contributed by atoms with Crippen molar-refractivity contribution in [1.29, 1.82) is 0 Å². The second-order valence-electron chi connectivity index (χ2n) is 5.01. The lowest BCUT2D eigenvalue weighted by Crippen LogP contribution is -2.35. The van der Waals surface area contributed by atoms with Gasteiger partial charge in [0.25, 0.3) is 5.91 Å². The molecule has 1 aliphatic heterocycles. The number of hydrogen-bond acceptors (Lipinski definition) is 4. The Morgan fingerprint density at radius 3 is 2.76 bits per heavy atom. The molecule has 1 heterocycles. The molecule has 0 atom stereocenters. The summed E-state index contributed by atoms with van der Waals surface area (Å²) >= 11 is 0. The van der Waals surface area contributed by atoms with Crippen LogP contribution in [0.5, 0.6) is 11.5 Å². The van der Waals surface area contributed by atoms with Crippen LogP contribution < -0.4 is 15.2 Å². The molecular weight excluding hydrogens is 268 g/mol. The number of benzene rings is 1. The van der Waals surface area contributed by atoms with Gasteiger partial charge in [-0.05, 0) is 44.4 Å². The number of amides is 1. The number of nitrogens with two attached hydrogens (primary N) is 1. The Labute approximate surface area is 126 Å². The Morgan fingerprint density at radius 1 is 1.33 bits per heavy atom. The van der Waals surface area contributed by atoms with Crippen LogP contribution in [0.1, 0.15) is 29.6 Å². The summed E-state index contributed by atoms with van der Waals surface area (Å²) in [5, 5.41) is 0. The number of piperidine rings is 1. The van der Waals surface area contributed by atoms with Crippen LogP contribution >= 0.6 is 0 Å². The monoisotopic (exact) mass is 291 g/mol. The Bertz CT molecular complexity index is 471. The van der Waals surface area contributed by atoms with Crippen molar-refractivity contribution in [3.05, 3.63) is 30.2 Å². The van der Waals surface area contributed by atoms with Crippen LogP contribution in [0.25, 0.3) is 0 Å². The number of carbonyl (C=O) groups excluding carboxylic acids is 1. The number of carbonyl (C=O) groups is 1. The molecule has 5 heteroatoms. The molecule has 1 fully saturated rings. The minimum Gasteiger partial charge on any atom is -0.496 e. The van der Waals surface area contributed by atoms with Gasteiger partial charge >= 0.3 is 0 Å². The topological polar surface area (TPSA) is 64.8 Å². The summed E-state index contributed by atoms with van der Waals surface area (Å²) in [5.74, 6) is 1.28. The summed E-state index contributed by atoms with van der Waals surface area (Å²) in [7, 11) is 1.57. The SMILES string of the molecule is COc1cc(OCCCN)ccc1C(=O)N1CC[CH]CC1. The first-order chi connectivity index (χ1) is 10.3. The van der Waals surface area contributed by atoms with Gasteiger partial charge in [0.15, 0.2) is 0 Å². The van der Waals surface area contributed by atoms with Crippen molar-refractivity contribution in [2.75, 3.05) is 33.4 Å². The Hall–Kier alpha value is -1.75. The zero-order valence-electron chi connectivity index (χ0n) is 12.5. The quantitative estimate of drug-likeness (QED) is 0.813. The van der Waals surface area contributed by atoms with Crippen LogP contribution in [-0.2, 0) is 0 Å². The van der Waals surface area contributed by atoms with Crippen LogP contribution in [-0.4, -0.2) is 44.2 Å². The summed E-state index contributed by atoms with van der Waals surface area (Å²) in [5.41, 5.74) is 6.03. The maximum absolute atomic E-state index is 12.5. The molecule has 0 aromatic heterocycles. The zero-order valence-corrected chi connectivity index (χ0v) is 12.5. The lowest BCUT2D eigenvalue weighted by Gasteiger charge is -2.27. The van der Waals surface area contributed by atoms with Crippen molar-refractivity contribution < 1.29 is 14.3 Å². The molecule has 1 aromatic carbocycles. The van der Waals surface area contributed by atoms with E-state index in [2.05, 4.69) is 6.42 Å². The minimum atomic E-state index is 0.0217. The molecule has 2 N–H and O–H groups in total. The maximum atomic E-state index is 12.5. The van der Waals surface area contributed by atoms with E-state index in [1.165, 1.54) is 0 Å². The van der Waals surface area contributed by atoms with Crippen molar-refractivity contribution in [3.63, 3.8) is 0 Å². The average Bonchev–Trinajstić information content (AvgIpc) is 2.55. The van der Waals surface area contributed by atoms with Gasteiger partial charge in [0, 0.05) is 19.2 Å². The number of methoxy groups -OCH3 is 1. The van der Waals surface area contributed by atoms with Gasteiger partial charge in [-0.25, -0.2) is 0 Å². The Balaban J connectivity index is 2.09. The normalized spacial score (nSPS) is 14.9. The fraction of sp³-hybridized carbons (Fsp3) is 0.500. The molecule has 0 spiro atoms. The fourth-order valence-corrected chi connectivity index (χ4v) is 2.34. The third-order valence-electron chi connectivity index (χ3n) is 3.51. The summed E-state index contributed by atoms with van der Waals surface area (Å²) < 4.78 is 10.9. The lowest BCUT2D eigenvalue weighted by molar-refractivity contribution is 0.0738. The first-order valence-corrected chi connectivity index (χ1v) is 7.38. The molecule has 0 unspecified atom stereocenters.